The van der Waals surface area contributed by atoms with Crippen molar-refractivity contribution in [3.63, 3.8) is 0 Å². The van der Waals surface area contributed by atoms with E-state index in [0.29, 0.717) is 6.61 Å². The highest BCUT2D eigenvalue weighted by Crippen LogP contribution is 2.34. The third-order valence-electron chi connectivity index (χ3n) is 3.48. The lowest BCUT2D eigenvalue weighted by Crippen LogP contribution is -2.25. The van der Waals surface area contributed by atoms with Crippen LogP contribution in [0.15, 0.2) is 0 Å². The highest BCUT2D eigenvalue weighted by Gasteiger charge is 2.52. The summed E-state index contributed by atoms with van der Waals surface area (Å²) >= 11 is 0. The fourth-order valence-electron chi connectivity index (χ4n) is 2.18. The van der Waals surface area contributed by atoms with Crippen LogP contribution >= 0.6 is 0 Å². The molecule has 0 aromatic heterocycles. The number of hydrogen-bond donors (Lipinski definition) is 0. The number of ether oxygens (including phenoxy) is 2. The fraction of sp³-hybridized carbons (Fsp3) is 0.929. The third kappa shape index (κ3) is 5.07. The van der Waals surface area contributed by atoms with Crippen LogP contribution in [0.2, 0.25) is 0 Å². The van der Waals surface area contributed by atoms with Crippen LogP contribution in [0.3, 0.4) is 0 Å². The molecule has 1 heterocycles. The highest BCUT2D eigenvalue weighted by atomic mass is 16.6. The van der Waals surface area contributed by atoms with Gasteiger partial charge in [0, 0.05) is 0 Å². The molecule has 0 unspecified atom stereocenters. The molecule has 1 saturated heterocycles. The van der Waals surface area contributed by atoms with Crippen LogP contribution in [0, 0.1) is 0 Å². The summed E-state index contributed by atoms with van der Waals surface area (Å²) in [5, 5.41) is 0. The Hall–Kier alpha value is -0.570. The Kier molecular flexibility index (Phi) is 6.56. The number of carbonyl (C=O) groups is 1. The Balaban J connectivity index is 1.92. The molecule has 3 heteroatoms. The molecular formula is C14H26O3. The van der Waals surface area contributed by atoms with Gasteiger partial charge in [-0.3, -0.25) is 0 Å². The molecule has 0 bridgehead atoms. The van der Waals surface area contributed by atoms with Crippen molar-refractivity contribution < 1.29 is 14.3 Å². The van der Waals surface area contributed by atoms with Crippen molar-refractivity contribution in [3.05, 3.63) is 0 Å². The monoisotopic (exact) mass is 242 g/mol. The van der Waals surface area contributed by atoms with E-state index in [1.165, 1.54) is 52.1 Å². The average Bonchev–Trinajstić information content (AvgIpc) is 3.13. The Morgan fingerprint density at radius 3 is 2.12 bits per heavy atom. The van der Waals surface area contributed by atoms with Gasteiger partial charge in [-0.1, -0.05) is 51.9 Å². The molecule has 1 fully saturated rings. The van der Waals surface area contributed by atoms with E-state index in [4.69, 9.17) is 9.47 Å². The van der Waals surface area contributed by atoms with Gasteiger partial charge < -0.3 is 9.47 Å². The first-order chi connectivity index (χ1) is 8.25. The summed E-state index contributed by atoms with van der Waals surface area (Å²) in [7, 11) is 1.43. The van der Waals surface area contributed by atoms with Gasteiger partial charge in [0.15, 0.2) is 5.60 Å². The van der Waals surface area contributed by atoms with E-state index in [2.05, 4.69) is 6.92 Å². The van der Waals surface area contributed by atoms with E-state index in [9.17, 15) is 4.79 Å². The Labute approximate surface area is 105 Å². The summed E-state index contributed by atoms with van der Waals surface area (Å²) in [6.45, 7) is 2.79. The predicted octanol–water partition coefficient (Wildman–Crippen LogP) is 3.46. The minimum atomic E-state index is -0.559. The van der Waals surface area contributed by atoms with Gasteiger partial charge in [-0.25, -0.2) is 4.79 Å². The van der Waals surface area contributed by atoms with Crippen molar-refractivity contribution in [2.75, 3.05) is 13.7 Å². The molecule has 1 aliphatic heterocycles. The average molecular weight is 242 g/mol. The summed E-state index contributed by atoms with van der Waals surface area (Å²) in [5.41, 5.74) is -0.559. The second kappa shape index (κ2) is 7.70. The van der Waals surface area contributed by atoms with Crippen LogP contribution in [0.1, 0.15) is 64.7 Å². The SMILES string of the molecule is CCCCCCCCCC[C@@]1(C(=O)OC)CO1. The zero-order valence-corrected chi connectivity index (χ0v) is 11.3. The fourth-order valence-corrected chi connectivity index (χ4v) is 2.18. The molecule has 1 rings (SSSR count). The number of methoxy groups -OCH3 is 1. The van der Waals surface area contributed by atoms with Gasteiger partial charge in [0.1, 0.15) is 0 Å². The van der Waals surface area contributed by atoms with Crippen molar-refractivity contribution >= 4 is 5.97 Å². The van der Waals surface area contributed by atoms with Crippen molar-refractivity contribution in [1.82, 2.24) is 0 Å². The van der Waals surface area contributed by atoms with Gasteiger partial charge in [-0.2, -0.15) is 0 Å². The van der Waals surface area contributed by atoms with Gasteiger partial charge in [0.05, 0.1) is 13.7 Å². The van der Waals surface area contributed by atoms with E-state index in [1.54, 1.807) is 0 Å². The number of rotatable bonds is 10. The lowest BCUT2D eigenvalue weighted by atomic mass is 10.0. The second-order valence-corrected chi connectivity index (χ2v) is 5.00. The smallest absolute Gasteiger partial charge is 0.340 e. The Bertz CT molecular complexity index is 222. The minimum Gasteiger partial charge on any atom is -0.467 e. The largest absolute Gasteiger partial charge is 0.467 e. The zero-order valence-electron chi connectivity index (χ0n) is 11.3. The molecule has 0 aromatic carbocycles. The third-order valence-corrected chi connectivity index (χ3v) is 3.48. The molecule has 0 aromatic rings. The molecule has 3 nitrogen and oxygen atoms in total. The molecule has 1 atom stereocenters. The molecule has 0 aliphatic carbocycles. The van der Waals surface area contributed by atoms with E-state index >= 15 is 0 Å². The molecule has 17 heavy (non-hydrogen) atoms. The lowest BCUT2D eigenvalue weighted by molar-refractivity contribution is -0.147. The van der Waals surface area contributed by atoms with Crippen molar-refractivity contribution in [1.29, 1.82) is 0 Å². The van der Waals surface area contributed by atoms with E-state index in [0.717, 1.165) is 12.8 Å². The summed E-state index contributed by atoms with van der Waals surface area (Å²) in [4.78, 5) is 11.4. The van der Waals surface area contributed by atoms with Gasteiger partial charge in [-0.15, -0.1) is 0 Å². The first-order valence-corrected chi connectivity index (χ1v) is 6.97. The van der Waals surface area contributed by atoms with Crippen molar-refractivity contribution in [2.45, 2.75) is 70.3 Å². The molecule has 1 aliphatic rings. The minimum absolute atomic E-state index is 0.194. The molecule has 0 N–H and O–H groups in total. The normalized spacial score (nSPS) is 22.5. The first kappa shape index (κ1) is 14.5. The second-order valence-electron chi connectivity index (χ2n) is 5.00. The van der Waals surface area contributed by atoms with E-state index in [-0.39, 0.29) is 5.97 Å². The van der Waals surface area contributed by atoms with Crippen molar-refractivity contribution in [2.24, 2.45) is 0 Å². The van der Waals surface area contributed by atoms with Crippen LogP contribution in [0.4, 0.5) is 0 Å². The topological polar surface area (TPSA) is 38.8 Å². The van der Waals surface area contributed by atoms with Crippen molar-refractivity contribution in [3.8, 4) is 0 Å². The number of epoxide rings is 1. The highest BCUT2D eigenvalue weighted by molar-refractivity contribution is 5.82. The van der Waals surface area contributed by atoms with E-state index < -0.39 is 5.60 Å². The van der Waals surface area contributed by atoms with Gasteiger partial charge >= 0.3 is 5.97 Å². The quantitative estimate of drug-likeness (QED) is 0.334. The Morgan fingerprint density at radius 2 is 1.65 bits per heavy atom. The summed E-state index contributed by atoms with van der Waals surface area (Å²) in [6, 6.07) is 0. The summed E-state index contributed by atoms with van der Waals surface area (Å²) in [6.07, 6.45) is 11.1. The molecular weight excluding hydrogens is 216 g/mol. The summed E-state index contributed by atoms with van der Waals surface area (Å²) in [5.74, 6) is -0.194. The number of hydrogen-bond acceptors (Lipinski definition) is 3. The van der Waals surface area contributed by atoms with Crippen LogP contribution in [-0.4, -0.2) is 25.3 Å². The molecule has 0 spiro atoms. The van der Waals surface area contributed by atoms with Crippen LogP contribution < -0.4 is 0 Å². The number of carbonyl (C=O) groups excluding carboxylic acids is 1. The van der Waals surface area contributed by atoms with Crippen LogP contribution in [-0.2, 0) is 14.3 Å². The maximum atomic E-state index is 11.4. The number of unbranched alkanes of at least 4 members (excludes halogenated alkanes) is 7. The van der Waals surface area contributed by atoms with Crippen LogP contribution in [0.25, 0.3) is 0 Å². The first-order valence-electron chi connectivity index (χ1n) is 6.97. The molecule has 0 radical (unpaired) electrons. The van der Waals surface area contributed by atoms with Gasteiger partial charge in [-0.05, 0) is 12.8 Å². The maximum absolute atomic E-state index is 11.4. The summed E-state index contributed by atoms with van der Waals surface area (Å²) < 4.78 is 9.97. The van der Waals surface area contributed by atoms with Gasteiger partial charge in [0.25, 0.3) is 0 Å². The number of esters is 1. The predicted molar refractivity (Wildman–Crippen MR) is 67.9 cm³/mol. The zero-order chi connectivity index (χ0) is 12.6. The Morgan fingerprint density at radius 1 is 1.12 bits per heavy atom. The van der Waals surface area contributed by atoms with Crippen LogP contribution in [0.5, 0.6) is 0 Å². The van der Waals surface area contributed by atoms with E-state index in [1.807, 2.05) is 0 Å². The maximum Gasteiger partial charge on any atom is 0.340 e. The molecule has 100 valence electrons. The molecule has 0 amide bonds. The lowest BCUT2D eigenvalue weighted by Gasteiger charge is -2.08. The van der Waals surface area contributed by atoms with Gasteiger partial charge in [0.2, 0.25) is 0 Å². The molecule has 0 saturated carbocycles. The standard InChI is InChI=1S/C14H26O3/c1-3-4-5-6-7-8-9-10-11-14(12-17-14)13(15)16-2/h3-12H2,1-2H3/t14-/m0/s1.